The monoisotopic (exact) mass is 415 g/mol. The van der Waals surface area contributed by atoms with Gasteiger partial charge in [0.05, 0.1) is 11.6 Å². The van der Waals surface area contributed by atoms with Gasteiger partial charge in [-0.15, -0.1) is 0 Å². The molecule has 1 aliphatic rings. The summed E-state index contributed by atoms with van der Waals surface area (Å²) in [7, 11) is 0. The molecule has 1 aliphatic carbocycles. The molecule has 1 aromatic rings. The van der Waals surface area contributed by atoms with Crippen molar-refractivity contribution in [2.45, 2.75) is 44.6 Å². The first kappa shape index (κ1) is 22.4. The van der Waals surface area contributed by atoms with Crippen LogP contribution in [0.5, 0.6) is 0 Å². The molecule has 0 aromatic heterocycles. The van der Waals surface area contributed by atoms with E-state index in [2.05, 4.69) is 4.99 Å². The lowest BCUT2D eigenvalue weighted by atomic mass is 9.92. The second kappa shape index (κ2) is 9.06. The van der Waals surface area contributed by atoms with Crippen molar-refractivity contribution in [2.75, 3.05) is 6.61 Å². The smallest absolute Gasteiger partial charge is 0.344 e. The average Bonchev–Trinajstić information content (AvgIpc) is 2.61. The minimum Gasteiger partial charge on any atom is -0.454 e. The van der Waals surface area contributed by atoms with Crippen LogP contribution in [0.15, 0.2) is 34.5 Å². The van der Waals surface area contributed by atoms with Crippen molar-refractivity contribution in [3.8, 4) is 0 Å². The Balaban J connectivity index is 2.07. The van der Waals surface area contributed by atoms with E-state index in [-0.39, 0.29) is 42.8 Å². The third kappa shape index (κ3) is 5.78. The van der Waals surface area contributed by atoms with Gasteiger partial charge in [0, 0.05) is 18.5 Å². The van der Waals surface area contributed by atoms with Gasteiger partial charge in [-0.2, -0.15) is 0 Å². The fourth-order valence-electron chi connectivity index (χ4n) is 2.92. The number of alkyl halides is 2. The number of allylic oxidation sites excluding steroid dienone is 1. The number of aliphatic imine (C=N–C) groups is 1. The van der Waals surface area contributed by atoms with Gasteiger partial charge in [-0.25, -0.2) is 22.4 Å². The summed E-state index contributed by atoms with van der Waals surface area (Å²) in [5.74, 6) is -7.44. The van der Waals surface area contributed by atoms with Gasteiger partial charge in [-0.3, -0.25) is 9.79 Å². The van der Waals surface area contributed by atoms with Crippen molar-refractivity contribution in [3.63, 3.8) is 0 Å². The van der Waals surface area contributed by atoms with E-state index in [0.29, 0.717) is 0 Å². The molecule has 10 heteroatoms. The molecule has 0 amide bonds. The fourth-order valence-corrected chi connectivity index (χ4v) is 2.92. The van der Waals surface area contributed by atoms with Crippen LogP contribution in [0.4, 0.5) is 17.6 Å². The van der Waals surface area contributed by atoms with E-state index in [0.717, 1.165) is 18.2 Å². The Bertz CT molecular complexity index is 834. The number of nitrogens with zero attached hydrogens (tertiary/aromatic N) is 1. The number of amidine groups is 1. The molecule has 1 fully saturated rings. The molecule has 0 saturated heterocycles. The van der Waals surface area contributed by atoms with E-state index in [1.807, 2.05) is 0 Å². The van der Waals surface area contributed by atoms with Gasteiger partial charge in [-0.1, -0.05) is 6.07 Å². The summed E-state index contributed by atoms with van der Waals surface area (Å²) in [5, 5.41) is 0. The minimum atomic E-state index is -2.75. The Morgan fingerprint density at radius 2 is 1.72 bits per heavy atom. The molecule has 0 aliphatic heterocycles. The maximum Gasteiger partial charge on any atom is 0.344 e. The van der Waals surface area contributed by atoms with Crippen molar-refractivity contribution >= 4 is 17.6 Å². The summed E-state index contributed by atoms with van der Waals surface area (Å²) in [6, 6.07) is 2.37. The van der Waals surface area contributed by atoms with Crippen LogP contribution < -0.4 is 11.5 Å². The van der Waals surface area contributed by atoms with Crippen LogP contribution in [0.25, 0.3) is 0 Å². The number of Topliss-reactive ketones (excluding diaryl/α,β-unsaturated/α-hetero) is 1. The summed E-state index contributed by atoms with van der Waals surface area (Å²) in [4.78, 5) is 28.4. The van der Waals surface area contributed by atoms with Crippen LogP contribution in [-0.2, 0) is 9.53 Å². The highest BCUT2D eigenvalue weighted by Crippen LogP contribution is 2.34. The van der Waals surface area contributed by atoms with E-state index < -0.39 is 47.5 Å². The summed E-state index contributed by atoms with van der Waals surface area (Å²) in [5.41, 5.74) is 10.2. The number of halogens is 4. The molecule has 0 unspecified atom stereocenters. The first-order valence-corrected chi connectivity index (χ1v) is 8.84. The Morgan fingerprint density at radius 3 is 2.24 bits per heavy atom. The minimum absolute atomic E-state index is 0.0677. The number of hydrogen-bond donors (Lipinski definition) is 2. The molecule has 0 spiro atoms. The van der Waals surface area contributed by atoms with Gasteiger partial charge in [-0.05, 0) is 31.9 Å². The molecule has 1 saturated carbocycles. The van der Waals surface area contributed by atoms with E-state index in [1.165, 1.54) is 6.92 Å². The predicted molar refractivity (Wildman–Crippen MR) is 97.4 cm³/mol. The Morgan fingerprint density at radius 1 is 1.17 bits per heavy atom. The molecule has 29 heavy (non-hydrogen) atoms. The Hall–Kier alpha value is -2.91. The first-order valence-electron chi connectivity index (χ1n) is 8.84. The Kier molecular flexibility index (Phi) is 6.99. The lowest BCUT2D eigenvalue weighted by Gasteiger charge is -2.26. The van der Waals surface area contributed by atoms with Gasteiger partial charge in [0.15, 0.2) is 6.61 Å². The number of carbonyl (C=O) groups excluding carboxylic acids is 2. The number of hydrogen-bond acceptors (Lipinski definition) is 5. The SMILES string of the molecule is C/C(N)=C(\C(=O)OCC(=O)c1c(F)cccc1F)C(N)=NC1CCC(F)(F)CC1. The van der Waals surface area contributed by atoms with Crippen molar-refractivity contribution in [1.29, 1.82) is 0 Å². The molecule has 0 heterocycles. The van der Waals surface area contributed by atoms with Crippen molar-refractivity contribution in [2.24, 2.45) is 16.5 Å². The van der Waals surface area contributed by atoms with E-state index in [4.69, 9.17) is 16.2 Å². The van der Waals surface area contributed by atoms with Gasteiger partial charge in [0.1, 0.15) is 23.0 Å². The normalized spacial score (nSPS) is 18.2. The summed E-state index contributed by atoms with van der Waals surface area (Å²) in [6.45, 7) is 0.392. The van der Waals surface area contributed by atoms with Gasteiger partial charge >= 0.3 is 5.97 Å². The van der Waals surface area contributed by atoms with E-state index in [9.17, 15) is 27.2 Å². The number of rotatable bonds is 6. The summed E-state index contributed by atoms with van der Waals surface area (Å²) < 4.78 is 58.5. The molecule has 0 atom stereocenters. The van der Waals surface area contributed by atoms with Crippen molar-refractivity contribution in [3.05, 3.63) is 46.7 Å². The predicted octanol–water partition coefficient (Wildman–Crippen LogP) is 2.86. The molecule has 0 radical (unpaired) electrons. The van der Waals surface area contributed by atoms with Gasteiger partial charge in [0.2, 0.25) is 11.7 Å². The maximum absolute atomic E-state index is 13.6. The van der Waals surface area contributed by atoms with Crippen LogP contribution in [0.2, 0.25) is 0 Å². The zero-order valence-electron chi connectivity index (χ0n) is 15.7. The van der Waals surface area contributed by atoms with Crippen molar-refractivity contribution in [1.82, 2.24) is 0 Å². The molecule has 0 bridgehead atoms. The number of esters is 1. The molecule has 2 rings (SSSR count). The topological polar surface area (TPSA) is 108 Å². The molecular formula is C19H21F4N3O3. The first-order chi connectivity index (χ1) is 13.5. The lowest BCUT2D eigenvalue weighted by molar-refractivity contribution is -0.137. The second-order valence-corrected chi connectivity index (χ2v) is 6.76. The number of ketones is 1. The van der Waals surface area contributed by atoms with Crippen LogP contribution in [0.1, 0.15) is 43.0 Å². The molecular weight excluding hydrogens is 394 g/mol. The third-order valence-electron chi connectivity index (χ3n) is 4.44. The quantitative estimate of drug-likeness (QED) is 0.186. The highest BCUT2D eigenvalue weighted by molar-refractivity contribution is 6.19. The highest BCUT2D eigenvalue weighted by Gasteiger charge is 2.35. The van der Waals surface area contributed by atoms with E-state index in [1.54, 1.807) is 0 Å². The standard InChI is InChI=1S/C19H21F4N3O3/c1-10(24)15(17(25)26-11-5-7-19(22,23)8-6-11)18(28)29-9-14(27)16-12(20)3-2-4-13(16)21/h2-4,11H,5-9,24H2,1H3,(H2,25,26)/b15-10+. The molecule has 6 nitrogen and oxygen atoms in total. The Labute approximate surface area is 164 Å². The second-order valence-electron chi connectivity index (χ2n) is 6.76. The maximum atomic E-state index is 13.6. The van der Waals surface area contributed by atoms with E-state index >= 15 is 0 Å². The van der Waals surface area contributed by atoms with Crippen LogP contribution in [0, 0.1) is 11.6 Å². The number of nitrogens with two attached hydrogens (primary N) is 2. The van der Waals surface area contributed by atoms with Gasteiger partial charge < -0.3 is 16.2 Å². The molecule has 158 valence electrons. The number of ether oxygens (including phenoxy) is 1. The number of carbonyl (C=O) groups is 2. The zero-order chi connectivity index (χ0) is 21.8. The molecule has 1 aromatic carbocycles. The zero-order valence-corrected chi connectivity index (χ0v) is 15.7. The molecule has 4 N–H and O–H groups in total. The van der Waals surface area contributed by atoms with Crippen LogP contribution >= 0.6 is 0 Å². The average molecular weight is 415 g/mol. The number of benzene rings is 1. The van der Waals surface area contributed by atoms with Crippen LogP contribution in [-0.4, -0.2) is 36.2 Å². The van der Waals surface area contributed by atoms with Crippen molar-refractivity contribution < 1.29 is 31.9 Å². The highest BCUT2D eigenvalue weighted by atomic mass is 19.3. The largest absolute Gasteiger partial charge is 0.454 e. The fraction of sp³-hybridized carbons (Fsp3) is 0.421. The third-order valence-corrected chi connectivity index (χ3v) is 4.44. The van der Waals surface area contributed by atoms with Gasteiger partial charge in [0.25, 0.3) is 0 Å². The summed E-state index contributed by atoms with van der Waals surface area (Å²) >= 11 is 0. The van der Waals surface area contributed by atoms with Crippen LogP contribution in [0.3, 0.4) is 0 Å². The summed E-state index contributed by atoms with van der Waals surface area (Å²) in [6.07, 6.45) is -0.514. The lowest BCUT2D eigenvalue weighted by Crippen LogP contribution is -2.31.